The molecule has 1 unspecified atom stereocenters. The molecule has 48 heavy (non-hydrogen) atoms. The third kappa shape index (κ3) is 8.58. The second-order valence-corrected chi connectivity index (χ2v) is 13.0. The number of anilines is 3. The Balaban J connectivity index is 1.77. The van der Waals surface area contributed by atoms with E-state index in [4.69, 9.17) is 19.7 Å². The van der Waals surface area contributed by atoms with Crippen LogP contribution in [0.25, 0.3) is 0 Å². The standard InChI is InChI=1S/C40H54N6O2/c1-11-44(27(4)5)33-20-14-30(15-21-33)41-36-26-37(42-31-16-22-34(23-17-31)45(12-2)28(6)7)39(47)40(48-10)38(36)43-32-18-24-35(25-19-32)46(13-3)29(8)9/h14-25,27-29,40H,11-13,26H2,1-10H3. The molecule has 256 valence electrons. The van der Waals surface area contributed by atoms with E-state index in [1.807, 2.05) is 36.4 Å². The second kappa shape index (κ2) is 16.7. The molecule has 0 bridgehead atoms. The molecule has 8 heteroatoms. The van der Waals surface area contributed by atoms with Crippen molar-refractivity contribution in [3.63, 3.8) is 0 Å². The fraction of sp³-hybridized carbons (Fsp3) is 0.450. The molecule has 3 aromatic rings. The van der Waals surface area contributed by atoms with E-state index in [9.17, 15) is 4.79 Å². The fourth-order valence-corrected chi connectivity index (χ4v) is 6.44. The number of benzene rings is 3. The van der Waals surface area contributed by atoms with Gasteiger partial charge in [0.1, 0.15) is 0 Å². The lowest BCUT2D eigenvalue weighted by Gasteiger charge is -2.28. The maximum Gasteiger partial charge on any atom is 0.212 e. The van der Waals surface area contributed by atoms with Crippen molar-refractivity contribution in [1.82, 2.24) is 0 Å². The summed E-state index contributed by atoms with van der Waals surface area (Å²) in [5.74, 6) is -0.198. The zero-order valence-corrected chi connectivity index (χ0v) is 30.6. The molecule has 0 aromatic heterocycles. The van der Waals surface area contributed by atoms with Crippen LogP contribution in [-0.2, 0) is 9.53 Å². The van der Waals surface area contributed by atoms with Crippen molar-refractivity contribution in [2.45, 2.75) is 93.0 Å². The van der Waals surface area contributed by atoms with Crippen LogP contribution in [0.2, 0.25) is 0 Å². The first-order valence-corrected chi connectivity index (χ1v) is 17.4. The van der Waals surface area contributed by atoms with Gasteiger partial charge in [-0.2, -0.15) is 0 Å². The first-order chi connectivity index (χ1) is 23.0. The van der Waals surface area contributed by atoms with Gasteiger partial charge in [-0.05, 0) is 135 Å². The lowest BCUT2D eigenvalue weighted by atomic mass is 9.89. The van der Waals surface area contributed by atoms with E-state index >= 15 is 0 Å². The van der Waals surface area contributed by atoms with E-state index in [1.165, 1.54) is 0 Å². The number of hydrogen-bond donors (Lipinski definition) is 0. The van der Waals surface area contributed by atoms with Crippen LogP contribution in [0.15, 0.2) is 87.8 Å². The Morgan fingerprint density at radius 1 is 0.583 bits per heavy atom. The van der Waals surface area contributed by atoms with Gasteiger partial charge >= 0.3 is 0 Å². The van der Waals surface area contributed by atoms with Gasteiger partial charge in [0.2, 0.25) is 5.78 Å². The summed E-state index contributed by atoms with van der Waals surface area (Å²) in [6.07, 6.45) is -0.679. The molecule has 8 nitrogen and oxygen atoms in total. The lowest BCUT2D eigenvalue weighted by Crippen LogP contribution is -2.47. The van der Waals surface area contributed by atoms with Crippen LogP contribution in [0, 0.1) is 0 Å². The number of ether oxygens (including phenoxy) is 1. The first kappa shape index (κ1) is 36.5. The quantitative estimate of drug-likeness (QED) is 0.185. The van der Waals surface area contributed by atoms with Crippen molar-refractivity contribution in [3.05, 3.63) is 72.8 Å². The average Bonchev–Trinajstić information content (AvgIpc) is 3.06. The molecule has 1 atom stereocenters. The summed E-state index contributed by atoms with van der Waals surface area (Å²) in [6, 6.07) is 25.6. The summed E-state index contributed by atoms with van der Waals surface area (Å²) in [4.78, 5) is 35.8. The molecule has 0 N–H and O–H groups in total. The van der Waals surface area contributed by atoms with Crippen LogP contribution < -0.4 is 14.7 Å². The molecule has 1 aliphatic rings. The number of Topliss-reactive ketones (excluding diaryl/α,β-unsaturated/α-hetero) is 1. The van der Waals surface area contributed by atoms with Gasteiger partial charge in [0.05, 0.1) is 34.2 Å². The van der Waals surface area contributed by atoms with Crippen molar-refractivity contribution in [1.29, 1.82) is 0 Å². The van der Waals surface area contributed by atoms with E-state index in [2.05, 4.69) is 113 Å². The molecule has 0 heterocycles. The van der Waals surface area contributed by atoms with Gasteiger partial charge in [0, 0.05) is 68.4 Å². The topological polar surface area (TPSA) is 73.1 Å². The smallest absolute Gasteiger partial charge is 0.212 e. The predicted octanol–water partition coefficient (Wildman–Crippen LogP) is 9.00. The highest BCUT2D eigenvalue weighted by atomic mass is 16.5. The summed E-state index contributed by atoms with van der Waals surface area (Å²) in [5.41, 5.74) is 7.23. The van der Waals surface area contributed by atoms with Crippen LogP contribution in [0.5, 0.6) is 0 Å². The van der Waals surface area contributed by atoms with Gasteiger partial charge in [0.15, 0.2) is 6.10 Å². The molecule has 0 radical (unpaired) electrons. The second-order valence-electron chi connectivity index (χ2n) is 13.0. The Kier molecular flexibility index (Phi) is 12.7. The van der Waals surface area contributed by atoms with Crippen LogP contribution >= 0.6 is 0 Å². The minimum absolute atomic E-state index is 0.198. The van der Waals surface area contributed by atoms with Crippen molar-refractivity contribution < 1.29 is 9.53 Å². The minimum atomic E-state index is -0.926. The Hall–Kier alpha value is -4.30. The SMILES string of the molecule is CCN(c1ccc(N=C2CC(=Nc3ccc(N(CC)C(C)C)cc3)C(=Nc3ccc(N(CC)C(C)C)cc3)C(OC)C2=O)cc1)C(C)C. The fourth-order valence-electron chi connectivity index (χ4n) is 6.44. The van der Waals surface area contributed by atoms with Crippen molar-refractivity contribution in [3.8, 4) is 0 Å². The Morgan fingerprint density at radius 3 is 1.23 bits per heavy atom. The van der Waals surface area contributed by atoms with Gasteiger partial charge in [-0.1, -0.05) is 0 Å². The van der Waals surface area contributed by atoms with Crippen LogP contribution in [0.4, 0.5) is 34.1 Å². The zero-order chi connectivity index (χ0) is 35.0. The van der Waals surface area contributed by atoms with Gasteiger partial charge in [-0.25, -0.2) is 9.98 Å². The predicted molar refractivity (Wildman–Crippen MR) is 205 cm³/mol. The number of carbonyl (C=O) groups excluding carboxylic acids is 1. The van der Waals surface area contributed by atoms with Crippen LogP contribution in [0.3, 0.4) is 0 Å². The third-order valence-corrected chi connectivity index (χ3v) is 8.85. The molecule has 0 aliphatic heterocycles. The van der Waals surface area contributed by atoms with E-state index in [0.29, 0.717) is 35.3 Å². The molecule has 4 rings (SSSR count). The van der Waals surface area contributed by atoms with Gasteiger partial charge in [-0.3, -0.25) is 9.79 Å². The summed E-state index contributed by atoms with van der Waals surface area (Å²) < 4.78 is 5.85. The minimum Gasteiger partial charge on any atom is -0.369 e. The van der Waals surface area contributed by atoms with E-state index in [-0.39, 0.29) is 12.2 Å². The summed E-state index contributed by atoms with van der Waals surface area (Å²) in [7, 11) is 1.55. The molecule has 0 saturated heterocycles. The molecule has 1 aliphatic carbocycles. The normalized spacial score (nSPS) is 17.7. The van der Waals surface area contributed by atoms with E-state index in [1.54, 1.807) is 7.11 Å². The molecular weight excluding hydrogens is 596 g/mol. The number of methoxy groups -OCH3 is 1. The largest absolute Gasteiger partial charge is 0.369 e. The molecular formula is C40H54N6O2. The average molecular weight is 651 g/mol. The molecule has 0 amide bonds. The summed E-state index contributed by atoms with van der Waals surface area (Å²) >= 11 is 0. The number of ketones is 1. The Labute approximate surface area is 288 Å². The highest BCUT2D eigenvalue weighted by Crippen LogP contribution is 2.28. The van der Waals surface area contributed by atoms with Crippen molar-refractivity contribution >= 4 is 57.0 Å². The number of carbonyl (C=O) groups is 1. The number of hydrogen-bond acceptors (Lipinski definition) is 8. The Bertz CT molecular complexity index is 1590. The number of nitrogens with zero attached hydrogens (tertiary/aromatic N) is 6. The van der Waals surface area contributed by atoms with Gasteiger partial charge in [-0.15, -0.1) is 0 Å². The highest BCUT2D eigenvalue weighted by Gasteiger charge is 2.38. The lowest BCUT2D eigenvalue weighted by molar-refractivity contribution is -0.119. The maximum atomic E-state index is 13.9. The maximum absolute atomic E-state index is 13.9. The van der Waals surface area contributed by atoms with E-state index < -0.39 is 6.10 Å². The summed E-state index contributed by atoms with van der Waals surface area (Å²) in [6.45, 7) is 22.3. The van der Waals surface area contributed by atoms with Gasteiger partial charge in [0.25, 0.3) is 0 Å². The van der Waals surface area contributed by atoms with Crippen LogP contribution in [0.1, 0.15) is 68.7 Å². The van der Waals surface area contributed by atoms with E-state index in [0.717, 1.165) is 53.8 Å². The highest BCUT2D eigenvalue weighted by molar-refractivity contribution is 6.64. The van der Waals surface area contributed by atoms with Crippen molar-refractivity contribution in [2.75, 3.05) is 41.4 Å². The molecule has 1 saturated carbocycles. The molecule has 0 spiro atoms. The van der Waals surface area contributed by atoms with Gasteiger partial charge < -0.3 is 19.4 Å². The monoisotopic (exact) mass is 650 g/mol. The number of rotatable bonds is 13. The Morgan fingerprint density at radius 2 is 0.917 bits per heavy atom. The first-order valence-electron chi connectivity index (χ1n) is 17.4. The summed E-state index contributed by atoms with van der Waals surface area (Å²) in [5, 5.41) is 0. The zero-order valence-electron chi connectivity index (χ0n) is 30.6. The number of aliphatic imine (C=N–C) groups is 3. The molecule has 1 fully saturated rings. The third-order valence-electron chi connectivity index (χ3n) is 8.85. The molecule has 3 aromatic carbocycles. The van der Waals surface area contributed by atoms with Crippen molar-refractivity contribution in [2.24, 2.45) is 15.0 Å². The van der Waals surface area contributed by atoms with Crippen LogP contribution in [-0.4, -0.2) is 73.9 Å².